The van der Waals surface area contributed by atoms with Gasteiger partial charge in [0.1, 0.15) is 11.6 Å². The number of nitrogen functional groups attached to an aromatic ring is 1. The van der Waals surface area contributed by atoms with Gasteiger partial charge in [0.05, 0.1) is 5.56 Å². The molecule has 1 amide bonds. The maximum atomic E-state index is 12.8. The van der Waals surface area contributed by atoms with Crippen molar-refractivity contribution in [2.45, 2.75) is 10.6 Å². The highest BCUT2D eigenvalue weighted by Gasteiger charge is 2.13. The first-order valence-corrected chi connectivity index (χ1v) is 9.76. The highest BCUT2D eigenvalue weighted by molar-refractivity contribution is 7.98. The molecule has 2 aromatic heterocycles. The molecule has 3 N–H and O–H groups in total. The topological polar surface area (TPSA) is 80.9 Å². The van der Waals surface area contributed by atoms with Gasteiger partial charge in [-0.3, -0.25) is 4.79 Å². The van der Waals surface area contributed by atoms with Crippen LogP contribution in [-0.2, 0) is 5.75 Å². The lowest BCUT2D eigenvalue weighted by molar-refractivity contribution is 0.102. The molecule has 0 unspecified atom stereocenters. The van der Waals surface area contributed by atoms with Gasteiger partial charge in [-0.1, -0.05) is 36.4 Å². The Morgan fingerprint density at radius 3 is 2.61 bits per heavy atom. The van der Waals surface area contributed by atoms with Crippen LogP contribution < -0.4 is 11.1 Å². The number of thioether (sulfide) groups is 1. The minimum atomic E-state index is -0.180. The fourth-order valence-corrected chi connectivity index (χ4v) is 3.85. The lowest BCUT2D eigenvalue weighted by atomic mass is 10.2. The summed E-state index contributed by atoms with van der Waals surface area (Å²) in [5, 5.41) is 4.97. The minimum Gasteiger partial charge on any atom is -0.384 e. The number of nitrogens with one attached hydrogen (secondary N) is 1. The highest BCUT2D eigenvalue weighted by atomic mass is 32.2. The Morgan fingerprint density at radius 2 is 1.75 bits per heavy atom. The van der Waals surface area contributed by atoms with Gasteiger partial charge in [-0.05, 0) is 41.3 Å². The van der Waals surface area contributed by atoms with E-state index in [1.807, 2.05) is 66.7 Å². The summed E-state index contributed by atoms with van der Waals surface area (Å²) >= 11 is 1.59. The fraction of sp³-hybridized carbons (Fsp3) is 0.0455. The molecule has 0 bridgehead atoms. The van der Waals surface area contributed by atoms with Crippen LogP contribution in [0.3, 0.4) is 0 Å². The largest absolute Gasteiger partial charge is 0.384 e. The van der Waals surface area contributed by atoms with Crippen molar-refractivity contribution in [3.8, 4) is 0 Å². The molecule has 0 saturated carbocycles. The van der Waals surface area contributed by atoms with Crippen molar-refractivity contribution in [1.29, 1.82) is 0 Å². The molecule has 4 aromatic rings. The van der Waals surface area contributed by atoms with Crippen molar-refractivity contribution in [3.63, 3.8) is 0 Å². The molecule has 138 valence electrons. The summed E-state index contributed by atoms with van der Waals surface area (Å²) in [6.45, 7) is 0. The molecule has 6 heteroatoms. The molecule has 0 aliphatic rings. The van der Waals surface area contributed by atoms with Crippen molar-refractivity contribution >= 4 is 40.1 Å². The summed E-state index contributed by atoms with van der Waals surface area (Å²) < 4.78 is 0. The van der Waals surface area contributed by atoms with Crippen LogP contribution in [0.1, 0.15) is 15.9 Å². The van der Waals surface area contributed by atoms with E-state index in [9.17, 15) is 4.79 Å². The van der Waals surface area contributed by atoms with E-state index in [0.29, 0.717) is 23.0 Å². The Morgan fingerprint density at radius 1 is 0.964 bits per heavy atom. The van der Waals surface area contributed by atoms with Crippen LogP contribution in [0.15, 0.2) is 84.0 Å². The summed E-state index contributed by atoms with van der Waals surface area (Å²) in [7, 11) is 0. The van der Waals surface area contributed by atoms with Gasteiger partial charge in [0.2, 0.25) is 0 Å². The first kappa shape index (κ1) is 18.0. The molecule has 0 aliphatic heterocycles. The number of pyridine rings is 2. The van der Waals surface area contributed by atoms with Gasteiger partial charge in [-0.15, -0.1) is 11.8 Å². The number of nitrogens with two attached hydrogens (primary N) is 1. The third-order valence-electron chi connectivity index (χ3n) is 4.24. The number of carbonyl (C=O) groups is 1. The summed E-state index contributed by atoms with van der Waals surface area (Å²) in [5.74, 6) is 1.54. The quantitative estimate of drug-likeness (QED) is 0.484. The number of carbonyl (C=O) groups excluding carboxylic acids is 1. The normalized spacial score (nSPS) is 10.7. The third kappa shape index (κ3) is 4.13. The van der Waals surface area contributed by atoms with Gasteiger partial charge >= 0.3 is 0 Å². The molecule has 2 aromatic carbocycles. The predicted molar refractivity (Wildman–Crippen MR) is 114 cm³/mol. The van der Waals surface area contributed by atoms with Crippen LogP contribution in [-0.4, -0.2) is 15.9 Å². The van der Waals surface area contributed by atoms with E-state index >= 15 is 0 Å². The maximum absolute atomic E-state index is 12.8. The van der Waals surface area contributed by atoms with E-state index in [4.69, 9.17) is 5.73 Å². The number of hydrogen-bond donors (Lipinski definition) is 2. The van der Waals surface area contributed by atoms with Crippen molar-refractivity contribution in [1.82, 2.24) is 9.97 Å². The van der Waals surface area contributed by atoms with Crippen LogP contribution in [0.2, 0.25) is 0 Å². The Kier molecular flexibility index (Phi) is 5.21. The summed E-state index contributed by atoms with van der Waals surface area (Å²) in [6.07, 6.45) is 3.45. The zero-order valence-electron chi connectivity index (χ0n) is 15.0. The molecule has 28 heavy (non-hydrogen) atoms. The highest BCUT2D eigenvalue weighted by Crippen LogP contribution is 2.27. The standard InChI is InChI=1S/C22H18N4OS/c23-20-11-15(9-10-24-20)14-28-19-8-4-3-7-18(19)22(27)26-21-12-16-5-1-2-6-17(16)13-25-21/h1-13H,14H2,(H2,23,24)(H,25,26,27). The minimum absolute atomic E-state index is 0.180. The molecular weight excluding hydrogens is 368 g/mol. The fourth-order valence-electron chi connectivity index (χ4n) is 2.86. The number of benzene rings is 2. The lowest BCUT2D eigenvalue weighted by Gasteiger charge is -2.10. The molecule has 0 aliphatic carbocycles. The smallest absolute Gasteiger partial charge is 0.257 e. The number of amides is 1. The summed E-state index contributed by atoms with van der Waals surface area (Å²) in [6, 6.07) is 21.1. The second kappa shape index (κ2) is 8.10. The molecule has 0 fully saturated rings. The number of nitrogens with zero attached hydrogens (tertiary/aromatic N) is 2. The van der Waals surface area contributed by atoms with Crippen LogP contribution in [0.5, 0.6) is 0 Å². The van der Waals surface area contributed by atoms with E-state index in [1.54, 1.807) is 24.2 Å². The number of aromatic nitrogens is 2. The van der Waals surface area contributed by atoms with E-state index < -0.39 is 0 Å². The van der Waals surface area contributed by atoms with E-state index in [0.717, 1.165) is 21.2 Å². The average Bonchev–Trinajstić information content (AvgIpc) is 2.72. The molecule has 5 nitrogen and oxygen atoms in total. The monoisotopic (exact) mass is 386 g/mol. The second-order valence-electron chi connectivity index (χ2n) is 6.24. The van der Waals surface area contributed by atoms with Crippen LogP contribution in [0.4, 0.5) is 11.6 Å². The number of fused-ring (bicyclic) bond motifs is 1. The predicted octanol–water partition coefficient (Wildman–Crippen LogP) is 4.76. The van der Waals surface area contributed by atoms with Gasteiger partial charge in [0, 0.05) is 28.4 Å². The van der Waals surface area contributed by atoms with Gasteiger partial charge < -0.3 is 11.1 Å². The SMILES string of the molecule is Nc1cc(CSc2ccccc2C(=O)Nc2cc3ccccc3cn2)ccn1. The Bertz CT molecular complexity index is 1150. The molecule has 2 heterocycles. The van der Waals surface area contributed by atoms with Crippen molar-refractivity contribution in [2.24, 2.45) is 0 Å². The zero-order chi connectivity index (χ0) is 19.3. The Hall–Kier alpha value is -3.38. The van der Waals surface area contributed by atoms with Gasteiger partial charge in [-0.2, -0.15) is 0 Å². The lowest BCUT2D eigenvalue weighted by Crippen LogP contribution is -2.14. The molecule has 0 saturated heterocycles. The van der Waals surface area contributed by atoms with Gasteiger partial charge in [0.25, 0.3) is 5.91 Å². The third-order valence-corrected chi connectivity index (χ3v) is 5.39. The Labute approximate surface area is 167 Å². The molecule has 0 spiro atoms. The molecule has 4 rings (SSSR count). The van der Waals surface area contributed by atoms with Gasteiger partial charge in [-0.25, -0.2) is 9.97 Å². The zero-order valence-corrected chi connectivity index (χ0v) is 15.8. The Balaban J connectivity index is 1.52. The molecule has 0 radical (unpaired) electrons. The molecular formula is C22H18N4OS. The van der Waals surface area contributed by atoms with Crippen molar-refractivity contribution in [2.75, 3.05) is 11.1 Å². The van der Waals surface area contributed by atoms with Crippen LogP contribution in [0.25, 0.3) is 10.8 Å². The van der Waals surface area contributed by atoms with Crippen molar-refractivity contribution < 1.29 is 4.79 Å². The molecule has 0 atom stereocenters. The number of anilines is 2. The second-order valence-corrected chi connectivity index (χ2v) is 7.26. The van der Waals surface area contributed by atoms with Crippen molar-refractivity contribution in [3.05, 3.63) is 90.3 Å². The van der Waals surface area contributed by atoms with E-state index in [-0.39, 0.29) is 5.91 Å². The summed E-state index contributed by atoms with van der Waals surface area (Å²) in [5.41, 5.74) is 7.41. The maximum Gasteiger partial charge on any atom is 0.257 e. The van der Waals surface area contributed by atoms with Crippen LogP contribution >= 0.6 is 11.8 Å². The first-order chi connectivity index (χ1) is 13.7. The van der Waals surface area contributed by atoms with E-state index in [2.05, 4.69) is 15.3 Å². The number of hydrogen-bond acceptors (Lipinski definition) is 5. The first-order valence-electron chi connectivity index (χ1n) is 8.77. The summed E-state index contributed by atoms with van der Waals surface area (Å²) in [4.78, 5) is 22.1. The van der Waals surface area contributed by atoms with Crippen LogP contribution in [0, 0.1) is 0 Å². The van der Waals surface area contributed by atoms with Gasteiger partial charge in [0.15, 0.2) is 0 Å². The van der Waals surface area contributed by atoms with E-state index in [1.165, 1.54) is 0 Å². The average molecular weight is 386 g/mol. The number of rotatable bonds is 5.